The fraction of sp³-hybridized carbons (Fsp3) is 0.938. The predicted molar refractivity (Wildman–Crippen MR) is 78.7 cm³/mol. The van der Waals surface area contributed by atoms with Crippen molar-refractivity contribution in [3.63, 3.8) is 0 Å². The van der Waals surface area contributed by atoms with Crippen LogP contribution in [0.5, 0.6) is 0 Å². The third kappa shape index (κ3) is 3.17. The monoisotopic (exact) mass is 283 g/mol. The molecule has 0 amide bonds. The Balaban J connectivity index is 2.10. The van der Waals surface area contributed by atoms with Crippen LogP contribution in [-0.4, -0.2) is 47.8 Å². The summed E-state index contributed by atoms with van der Waals surface area (Å²) >= 11 is 0. The quantitative estimate of drug-likeness (QED) is 0.861. The number of aliphatic carboxylic acids is 1. The molecular weight excluding hydrogens is 254 g/mol. The van der Waals surface area contributed by atoms with Crippen molar-refractivity contribution in [2.75, 3.05) is 19.8 Å². The molecule has 1 aliphatic carbocycles. The minimum absolute atomic E-state index is 0.0474. The van der Waals surface area contributed by atoms with Gasteiger partial charge in [-0.2, -0.15) is 0 Å². The van der Waals surface area contributed by atoms with Crippen LogP contribution in [0, 0.1) is 17.3 Å². The zero-order valence-corrected chi connectivity index (χ0v) is 13.3. The van der Waals surface area contributed by atoms with E-state index in [0.717, 1.165) is 6.54 Å². The van der Waals surface area contributed by atoms with Crippen LogP contribution in [0.4, 0.5) is 0 Å². The van der Waals surface area contributed by atoms with E-state index < -0.39 is 5.97 Å². The molecule has 4 nitrogen and oxygen atoms in total. The fourth-order valence-corrected chi connectivity index (χ4v) is 4.25. The number of carbonyl (C=O) groups is 1. The first-order valence-corrected chi connectivity index (χ1v) is 7.92. The van der Waals surface area contributed by atoms with Gasteiger partial charge in [0.25, 0.3) is 0 Å². The molecule has 2 fully saturated rings. The van der Waals surface area contributed by atoms with Gasteiger partial charge in [-0.15, -0.1) is 0 Å². The molecule has 1 saturated carbocycles. The average Bonchev–Trinajstić information content (AvgIpc) is 2.81. The number of rotatable bonds is 4. The summed E-state index contributed by atoms with van der Waals surface area (Å²) in [4.78, 5) is 13.8. The highest BCUT2D eigenvalue weighted by atomic mass is 16.5. The summed E-state index contributed by atoms with van der Waals surface area (Å²) in [5.41, 5.74) is 0.424. The van der Waals surface area contributed by atoms with Gasteiger partial charge < -0.3 is 9.84 Å². The molecule has 0 spiro atoms. The predicted octanol–water partition coefficient (Wildman–Crippen LogP) is 2.62. The van der Waals surface area contributed by atoms with E-state index >= 15 is 0 Å². The number of ether oxygens (including phenoxy) is 1. The van der Waals surface area contributed by atoms with Crippen LogP contribution in [-0.2, 0) is 9.53 Å². The van der Waals surface area contributed by atoms with E-state index in [1.54, 1.807) is 0 Å². The van der Waals surface area contributed by atoms with Crippen LogP contribution in [0.2, 0.25) is 0 Å². The lowest BCUT2D eigenvalue weighted by atomic mass is 9.70. The van der Waals surface area contributed by atoms with E-state index in [2.05, 4.69) is 32.6 Å². The lowest BCUT2D eigenvalue weighted by molar-refractivity contribution is -0.143. The van der Waals surface area contributed by atoms with Gasteiger partial charge in [0.15, 0.2) is 0 Å². The summed E-state index contributed by atoms with van der Waals surface area (Å²) in [6, 6.07) is 0.549. The van der Waals surface area contributed by atoms with Crippen molar-refractivity contribution < 1.29 is 14.6 Å². The van der Waals surface area contributed by atoms with Gasteiger partial charge in [-0.3, -0.25) is 9.69 Å². The topological polar surface area (TPSA) is 49.8 Å². The molecule has 1 aliphatic heterocycles. The van der Waals surface area contributed by atoms with Gasteiger partial charge >= 0.3 is 5.97 Å². The number of carboxylic acids is 1. The second-order valence-electron chi connectivity index (χ2n) is 7.33. The Morgan fingerprint density at radius 2 is 2.05 bits per heavy atom. The zero-order valence-electron chi connectivity index (χ0n) is 13.3. The molecule has 116 valence electrons. The summed E-state index contributed by atoms with van der Waals surface area (Å²) in [5.74, 6) is -0.458. The third-order valence-corrected chi connectivity index (χ3v) is 5.23. The maximum atomic E-state index is 11.4. The molecule has 1 N–H and O–H groups in total. The average molecular weight is 283 g/mol. The summed E-state index contributed by atoms with van der Waals surface area (Å²) in [7, 11) is 0. The standard InChI is InChI=1S/C16H29NO3/c1-5-17(14-10-20-9-12(14)15(18)19)13-6-7-16(3,4)8-11(13)2/h11-14H,5-10H2,1-4H3,(H,18,19). The van der Waals surface area contributed by atoms with E-state index in [1.165, 1.54) is 19.3 Å². The third-order valence-electron chi connectivity index (χ3n) is 5.23. The number of carboxylic acid groups (broad SMARTS) is 1. The fourth-order valence-electron chi connectivity index (χ4n) is 4.25. The lowest BCUT2D eigenvalue weighted by Gasteiger charge is -2.46. The highest BCUT2D eigenvalue weighted by Gasteiger charge is 2.43. The Morgan fingerprint density at radius 1 is 1.35 bits per heavy atom. The molecule has 1 heterocycles. The Labute approximate surface area is 122 Å². The summed E-state index contributed by atoms with van der Waals surface area (Å²) in [6.07, 6.45) is 3.62. The number of nitrogens with zero attached hydrogens (tertiary/aromatic N) is 1. The molecule has 0 aromatic carbocycles. The smallest absolute Gasteiger partial charge is 0.310 e. The van der Waals surface area contributed by atoms with Crippen molar-refractivity contribution in [3.8, 4) is 0 Å². The molecule has 2 rings (SSSR count). The van der Waals surface area contributed by atoms with E-state index in [0.29, 0.717) is 30.6 Å². The number of hydrogen-bond acceptors (Lipinski definition) is 3. The second kappa shape index (κ2) is 6.02. The molecule has 4 unspecified atom stereocenters. The normalized spacial score (nSPS) is 37.2. The number of hydrogen-bond donors (Lipinski definition) is 1. The molecular formula is C16H29NO3. The molecule has 0 radical (unpaired) electrons. The summed E-state index contributed by atoms with van der Waals surface area (Å²) in [5, 5.41) is 9.37. The largest absolute Gasteiger partial charge is 0.481 e. The van der Waals surface area contributed by atoms with Crippen molar-refractivity contribution >= 4 is 5.97 Å². The molecule has 2 aliphatic rings. The first kappa shape index (κ1) is 15.8. The van der Waals surface area contributed by atoms with Crippen LogP contribution < -0.4 is 0 Å². The number of likely N-dealkylation sites (N-methyl/N-ethyl adjacent to an activating group) is 1. The molecule has 0 aromatic rings. The van der Waals surface area contributed by atoms with Crippen LogP contribution in [0.25, 0.3) is 0 Å². The van der Waals surface area contributed by atoms with Gasteiger partial charge in [0, 0.05) is 12.1 Å². The summed E-state index contributed by atoms with van der Waals surface area (Å²) in [6.45, 7) is 11.0. The van der Waals surface area contributed by atoms with E-state index in [9.17, 15) is 9.90 Å². The lowest BCUT2D eigenvalue weighted by Crippen LogP contribution is -2.52. The SMILES string of the molecule is CCN(C1CCC(C)(C)CC1C)C1COCC1C(=O)O. The molecule has 1 saturated heterocycles. The Hall–Kier alpha value is -0.610. The first-order chi connectivity index (χ1) is 9.35. The molecule has 4 heteroatoms. The van der Waals surface area contributed by atoms with E-state index in [1.807, 2.05) is 0 Å². The second-order valence-corrected chi connectivity index (χ2v) is 7.33. The van der Waals surface area contributed by atoms with Crippen LogP contribution >= 0.6 is 0 Å². The van der Waals surface area contributed by atoms with Crippen LogP contribution in [0.1, 0.15) is 47.0 Å². The van der Waals surface area contributed by atoms with Gasteiger partial charge in [-0.25, -0.2) is 0 Å². The van der Waals surface area contributed by atoms with Gasteiger partial charge in [0.05, 0.1) is 19.1 Å². The maximum absolute atomic E-state index is 11.4. The Kier molecular flexibility index (Phi) is 4.75. The Bertz CT molecular complexity index is 356. The summed E-state index contributed by atoms with van der Waals surface area (Å²) < 4.78 is 5.46. The minimum Gasteiger partial charge on any atom is -0.481 e. The zero-order chi connectivity index (χ0) is 14.9. The Morgan fingerprint density at radius 3 is 2.60 bits per heavy atom. The van der Waals surface area contributed by atoms with Crippen molar-refractivity contribution in [3.05, 3.63) is 0 Å². The highest BCUT2D eigenvalue weighted by Crippen LogP contribution is 2.41. The van der Waals surface area contributed by atoms with Gasteiger partial charge in [-0.1, -0.05) is 27.7 Å². The van der Waals surface area contributed by atoms with E-state index in [-0.39, 0.29) is 12.0 Å². The molecule has 4 atom stereocenters. The first-order valence-electron chi connectivity index (χ1n) is 7.92. The van der Waals surface area contributed by atoms with Gasteiger partial charge in [0.2, 0.25) is 0 Å². The molecule has 20 heavy (non-hydrogen) atoms. The van der Waals surface area contributed by atoms with Gasteiger partial charge in [0.1, 0.15) is 0 Å². The minimum atomic E-state index is -0.713. The van der Waals surface area contributed by atoms with Crippen LogP contribution in [0.15, 0.2) is 0 Å². The van der Waals surface area contributed by atoms with E-state index in [4.69, 9.17) is 4.74 Å². The molecule has 0 bridgehead atoms. The van der Waals surface area contributed by atoms with Crippen LogP contribution in [0.3, 0.4) is 0 Å². The van der Waals surface area contributed by atoms with Crippen molar-refractivity contribution in [2.24, 2.45) is 17.3 Å². The van der Waals surface area contributed by atoms with Gasteiger partial charge in [-0.05, 0) is 37.1 Å². The maximum Gasteiger partial charge on any atom is 0.310 e. The highest BCUT2D eigenvalue weighted by molar-refractivity contribution is 5.71. The van der Waals surface area contributed by atoms with Crippen molar-refractivity contribution in [2.45, 2.75) is 59.0 Å². The van der Waals surface area contributed by atoms with Crippen molar-refractivity contribution in [1.82, 2.24) is 4.90 Å². The van der Waals surface area contributed by atoms with Crippen molar-refractivity contribution in [1.29, 1.82) is 0 Å². The molecule has 0 aromatic heterocycles.